The number of pyridine rings is 1. The van der Waals surface area contributed by atoms with Crippen LogP contribution in [0.25, 0.3) is 22.0 Å². The summed E-state index contributed by atoms with van der Waals surface area (Å²) in [7, 11) is 0. The molecule has 30 heavy (non-hydrogen) atoms. The van der Waals surface area contributed by atoms with Gasteiger partial charge in [-0.3, -0.25) is 9.78 Å². The third-order valence-electron chi connectivity index (χ3n) is 5.86. The van der Waals surface area contributed by atoms with Gasteiger partial charge >= 0.3 is 0 Å². The van der Waals surface area contributed by atoms with Crippen molar-refractivity contribution in [1.82, 2.24) is 10.3 Å². The molecule has 2 aliphatic rings. The third-order valence-corrected chi connectivity index (χ3v) is 6.17. The van der Waals surface area contributed by atoms with Crippen LogP contribution in [0.3, 0.4) is 0 Å². The van der Waals surface area contributed by atoms with E-state index in [4.69, 9.17) is 11.6 Å². The number of phenols is 1. The number of benzene rings is 2. The van der Waals surface area contributed by atoms with E-state index in [1.54, 1.807) is 23.2 Å². The van der Waals surface area contributed by atoms with Crippen molar-refractivity contribution in [3.63, 3.8) is 0 Å². The summed E-state index contributed by atoms with van der Waals surface area (Å²) in [6.45, 7) is 4.52. The number of anilines is 2. The number of carbonyl (C=O) groups is 1. The van der Waals surface area contributed by atoms with Crippen molar-refractivity contribution in [2.24, 2.45) is 0 Å². The Morgan fingerprint density at radius 3 is 2.97 bits per heavy atom. The molecule has 8 heteroatoms. The van der Waals surface area contributed by atoms with E-state index in [0.717, 1.165) is 23.3 Å². The molecule has 0 radical (unpaired) electrons. The molecule has 0 bridgehead atoms. The molecule has 6 nitrogen and oxygen atoms in total. The number of hydrogen-bond acceptors (Lipinski definition) is 5. The molecule has 0 aliphatic carbocycles. The van der Waals surface area contributed by atoms with Crippen molar-refractivity contribution < 1.29 is 14.3 Å². The number of phenolic OH excluding ortho intramolecular Hbond substituents is 1. The van der Waals surface area contributed by atoms with Crippen LogP contribution in [0.15, 0.2) is 36.5 Å². The van der Waals surface area contributed by atoms with Gasteiger partial charge in [-0.2, -0.15) is 0 Å². The number of halogens is 2. The largest absolute Gasteiger partial charge is 0.507 e. The van der Waals surface area contributed by atoms with Gasteiger partial charge in [-0.05, 0) is 31.2 Å². The molecule has 154 valence electrons. The highest BCUT2D eigenvalue weighted by molar-refractivity contribution is 6.34. The number of aromatic hydroxyl groups is 1. The van der Waals surface area contributed by atoms with Gasteiger partial charge in [0.15, 0.2) is 0 Å². The van der Waals surface area contributed by atoms with Crippen LogP contribution in [0, 0.1) is 5.82 Å². The van der Waals surface area contributed by atoms with Crippen LogP contribution in [0.1, 0.15) is 6.92 Å². The van der Waals surface area contributed by atoms with Crippen molar-refractivity contribution in [3.8, 4) is 16.9 Å². The second-order valence-electron chi connectivity index (χ2n) is 7.47. The average Bonchev–Trinajstić information content (AvgIpc) is 2.74. The van der Waals surface area contributed by atoms with Crippen molar-refractivity contribution >= 4 is 39.8 Å². The van der Waals surface area contributed by atoms with Crippen molar-refractivity contribution in [2.45, 2.75) is 13.0 Å². The summed E-state index contributed by atoms with van der Waals surface area (Å²) in [4.78, 5) is 21.4. The normalized spacial score (nSPS) is 18.5. The maximum atomic E-state index is 14.5. The minimum absolute atomic E-state index is 0.0503. The minimum atomic E-state index is -0.556. The van der Waals surface area contributed by atoms with E-state index in [0.29, 0.717) is 35.7 Å². The number of rotatable bonds is 2. The first-order valence-corrected chi connectivity index (χ1v) is 10.3. The molecule has 0 spiro atoms. The zero-order valence-corrected chi connectivity index (χ0v) is 17.1. The van der Waals surface area contributed by atoms with Gasteiger partial charge in [-0.15, -0.1) is 0 Å². The molecule has 1 fully saturated rings. The summed E-state index contributed by atoms with van der Waals surface area (Å²) >= 11 is 6.58. The monoisotopic (exact) mass is 426 g/mol. The summed E-state index contributed by atoms with van der Waals surface area (Å²) in [5.74, 6) is -0.685. The zero-order valence-electron chi connectivity index (χ0n) is 16.3. The predicted molar refractivity (Wildman–Crippen MR) is 116 cm³/mol. The molecule has 3 aromatic rings. The highest BCUT2D eigenvalue weighted by Gasteiger charge is 2.40. The van der Waals surface area contributed by atoms with Gasteiger partial charge < -0.3 is 20.2 Å². The van der Waals surface area contributed by atoms with Crippen molar-refractivity contribution in [3.05, 3.63) is 47.4 Å². The van der Waals surface area contributed by atoms with Crippen LogP contribution in [-0.2, 0) is 4.79 Å². The van der Waals surface area contributed by atoms with Crippen LogP contribution in [0.5, 0.6) is 5.75 Å². The van der Waals surface area contributed by atoms with Gasteiger partial charge in [0, 0.05) is 42.2 Å². The third kappa shape index (κ3) is 2.73. The Morgan fingerprint density at radius 1 is 1.37 bits per heavy atom. The number of nitrogens with zero attached hydrogens (tertiary/aromatic N) is 3. The first-order chi connectivity index (χ1) is 14.5. The van der Waals surface area contributed by atoms with Crippen molar-refractivity contribution in [1.29, 1.82) is 0 Å². The molecule has 5 rings (SSSR count). The fraction of sp³-hybridized carbons (Fsp3) is 0.273. The number of piperazine rings is 1. The maximum absolute atomic E-state index is 14.5. The summed E-state index contributed by atoms with van der Waals surface area (Å²) < 4.78 is 14.5. The molecule has 1 atom stereocenters. The van der Waals surface area contributed by atoms with Crippen LogP contribution in [0.4, 0.5) is 15.8 Å². The predicted octanol–water partition coefficient (Wildman–Crippen LogP) is 3.54. The molecular formula is C22H20ClFN4O2. The Labute approximate surface area is 177 Å². The second kappa shape index (κ2) is 7.11. The Kier molecular flexibility index (Phi) is 4.52. The molecule has 2 aromatic carbocycles. The van der Waals surface area contributed by atoms with Gasteiger partial charge in [-0.1, -0.05) is 17.7 Å². The molecule has 1 saturated heterocycles. The smallest absolute Gasteiger partial charge is 0.251 e. The number of hydrogen-bond donors (Lipinski definition) is 2. The van der Waals surface area contributed by atoms with Crippen LogP contribution < -0.4 is 15.1 Å². The number of fused-ring (bicyclic) bond motifs is 5. The molecule has 0 unspecified atom stereocenters. The van der Waals surface area contributed by atoms with Gasteiger partial charge in [-0.25, -0.2) is 4.39 Å². The van der Waals surface area contributed by atoms with E-state index >= 15 is 0 Å². The number of likely N-dealkylation sites (N-methyl/N-ethyl adjacent to an activating group) is 1. The first kappa shape index (κ1) is 19.1. The standard InChI is InChI=1S/C22H20ClFN4O2/c1-2-27-17-11-26-16-9-12(20-15(24)4-3-5-19(20)29)14(23)8-13(16)21(17)28-7-6-25-10-18(28)22(27)30/h3-5,8-9,11,18,25,29H,2,6-7,10H2,1H3/t18-/m1/s1. The lowest BCUT2D eigenvalue weighted by Gasteiger charge is -2.45. The molecule has 2 aliphatic heterocycles. The minimum Gasteiger partial charge on any atom is -0.507 e. The van der Waals surface area contributed by atoms with E-state index in [9.17, 15) is 14.3 Å². The topological polar surface area (TPSA) is 68.7 Å². The van der Waals surface area contributed by atoms with Crippen molar-refractivity contribution in [2.75, 3.05) is 36.0 Å². The highest BCUT2D eigenvalue weighted by Crippen LogP contribution is 2.45. The fourth-order valence-electron chi connectivity index (χ4n) is 4.48. The van der Waals surface area contributed by atoms with E-state index in [-0.39, 0.29) is 23.3 Å². The lowest BCUT2D eigenvalue weighted by atomic mass is 9.98. The molecule has 2 N–H and O–H groups in total. The van der Waals surface area contributed by atoms with Gasteiger partial charge in [0.25, 0.3) is 5.91 Å². The zero-order chi connectivity index (χ0) is 21.0. The Morgan fingerprint density at radius 2 is 2.20 bits per heavy atom. The van der Waals surface area contributed by atoms with E-state index in [2.05, 4.69) is 15.2 Å². The molecule has 0 saturated carbocycles. The van der Waals surface area contributed by atoms with E-state index in [1.807, 2.05) is 6.92 Å². The molecular weight excluding hydrogens is 407 g/mol. The van der Waals surface area contributed by atoms with Crippen LogP contribution >= 0.6 is 11.6 Å². The van der Waals surface area contributed by atoms with Gasteiger partial charge in [0.2, 0.25) is 0 Å². The van der Waals surface area contributed by atoms with Crippen LogP contribution in [0.2, 0.25) is 5.02 Å². The van der Waals surface area contributed by atoms with Crippen LogP contribution in [-0.4, -0.2) is 48.2 Å². The Balaban J connectivity index is 1.76. The lowest BCUT2D eigenvalue weighted by Crippen LogP contribution is -2.62. The summed E-state index contributed by atoms with van der Waals surface area (Å²) in [6, 6.07) is 7.32. The molecule has 3 heterocycles. The fourth-order valence-corrected chi connectivity index (χ4v) is 4.73. The SMILES string of the molecule is CCN1C(=O)[C@H]2CNCCN2c2c1cnc1cc(-c3c(O)cccc3F)c(Cl)cc21. The summed E-state index contributed by atoms with van der Waals surface area (Å²) in [6.07, 6.45) is 1.69. The second-order valence-corrected chi connectivity index (χ2v) is 7.88. The summed E-state index contributed by atoms with van der Waals surface area (Å²) in [5, 5.41) is 14.6. The molecule has 1 aromatic heterocycles. The van der Waals surface area contributed by atoms with Gasteiger partial charge in [0.1, 0.15) is 17.6 Å². The number of aromatic nitrogens is 1. The highest BCUT2D eigenvalue weighted by atomic mass is 35.5. The Bertz CT molecular complexity index is 1170. The van der Waals surface area contributed by atoms with Gasteiger partial charge in [0.05, 0.1) is 28.7 Å². The lowest BCUT2D eigenvalue weighted by molar-refractivity contribution is -0.120. The number of carbonyl (C=O) groups excluding carboxylic acids is 1. The quantitative estimate of drug-likeness (QED) is 0.656. The first-order valence-electron chi connectivity index (χ1n) is 9.90. The van der Waals surface area contributed by atoms with E-state index < -0.39 is 5.82 Å². The molecule has 1 amide bonds. The number of amides is 1. The van der Waals surface area contributed by atoms with E-state index in [1.165, 1.54) is 18.2 Å². The number of nitrogens with one attached hydrogen (secondary N) is 1. The summed E-state index contributed by atoms with van der Waals surface area (Å²) in [5.41, 5.74) is 2.72. The maximum Gasteiger partial charge on any atom is 0.251 e. The average molecular weight is 427 g/mol. The Hall–Kier alpha value is -2.90.